The summed E-state index contributed by atoms with van der Waals surface area (Å²) in [5.74, 6) is 0.977. The number of hydrogen-bond donors (Lipinski definition) is 4. The van der Waals surface area contributed by atoms with Crippen molar-refractivity contribution in [3.8, 4) is 0 Å². The van der Waals surface area contributed by atoms with Crippen LogP contribution in [0.4, 0.5) is 0 Å². The van der Waals surface area contributed by atoms with E-state index in [-0.39, 0.29) is 0 Å². The van der Waals surface area contributed by atoms with Gasteiger partial charge in [-0.2, -0.15) is 0 Å². The maximum atomic E-state index is 5.38. The van der Waals surface area contributed by atoms with Crippen LogP contribution < -0.4 is 16.4 Å². The zero-order chi connectivity index (χ0) is 11.9. The molecule has 92 valence electrons. The first-order valence-electron chi connectivity index (χ1n) is 5.95. The highest BCUT2D eigenvalue weighted by Gasteiger charge is 2.00. The normalized spacial score (nSPS) is 11.1. The van der Waals surface area contributed by atoms with Crippen molar-refractivity contribution in [2.45, 2.75) is 6.54 Å². The van der Waals surface area contributed by atoms with Crippen molar-refractivity contribution < 1.29 is 0 Å². The third-order valence-electron chi connectivity index (χ3n) is 2.53. The van der Waals surface area contributed by atoms with Crippen molar-refractivity contribution in [2.75, 3.05) is 26.2 Å². The summed E-state index contributed by atoms with van der Waals surface area (Å²) < 4.78 is 0. The smallest absolute Gasteiger partial charge is 0.121 e. The van der Waals surface area contributed by atoms with Gasteiger partial charge in [0.1, 0.15) is 5.82 Å². The number of aromatic amines is 1. The molecular formula is C12H19N5. The number of rotatable bonds is 7. The zero-order valence-corrected chi connectivity index (χ0v) is 9.87. The lowest BCUT2D eigenvalue weighted by molar-refractivity contribution is 0.606. The van der Waals surface area contributed by atoms with Crippen LogP contribution >= 0.6 is 0 Å². The minimum absolute atomic E-state index is 0.684. The van der Waals surface area contributed by atoms with Crippen LogP contribution in [0.15, 0.2) is 24.3 Å². The summed E-state index contributed by atoms with van der Waals surface area (Å²) in [6, 6.07) is 8.05. The average Bonchev–Trinajstić information content (AvgIpc) is 2.76. The van der Waals surface area contributed by atoms with Gasteiger partial charge in [0, 0.05) is 26.2 Å². The van der Waals surface area contributed by atoms with Gasteiger partial charge in [-0.1, -0.05) is 12.1 Å². The van der Waals surface area contributed by atoms with E-state index in [4.69, 9.17) is 5.73 Å². The molecule has 0 saturated heterocycles. The Morgan fingerprint density at radius 3 is 2.76 bits per heavy atom. The van der Waals surface area contributed by atoms with Crippen LogP contribution in [0.25, 0.3) is 11.0 Å². The minimum atomic E-state index is 0.684. The summed E-state index contributed by atoms with van der Waals surface area (Å²) in [5.41, 5.74) is 7.49. The third-order valence-corrected chi connectivity index (χ3v) is 2.53. The van der Waals surface area contributed by atoms with Gasteiger partial charge in [-0.05, 0) is 12.1 Å². The van der Waals surface area contributed by atoms with Gasteiger partial charge in [0.25, 0.3) is 0 Å². The highest BCUT2D eigenvalue weighted by atomic mass is 15.0. The van der Waals surface area contributed by atoms with E-state index in [2.05, 4.69) is 20.6 Å². The molecule has 2 aromatic rings. The minimum Gasteiger partial charge on any atom is -0.341 e. The number of imidazole rings is 1. The lowest BCUT2D eigenvalue weighted by Gasteiger charge is -2.03. The van der Waals surface area contributed by atoms with Gasteiger partial charge in [0.15, 0.2) is 0 Å². The number of benzene rings is 1. The van der Waals surface area contributed by atoms with E-state index in [0.29, 0.717) is 6.54 Å². The predicted octanol–water partition coefficient (Wildman–Crippen LogP) is 0.201. The first-order chi connectivity index (χ1) is 8.40. The Morgan fingerprint density at radius 1 is 1.12 bits per heavy atom. The first kappa shape index (κ1) is 12.0. The molecule has 1 aromatic carbocycles. The predicted molar refractivity (Wildman–Crippen MR) is 69.7 cm³/mol. The van der Waals surface area contributed by atoms with Gasteiger partial charge < -0.3 is 21.4 Å². The SMILES string of the molecule is NCCNCCNCc1nc2ccccc2[nH]1. The molecule has 0 unspecified atom stereocenters. The molecule has 0 aliphatic rings. The lowest BCUT2D eigenvalue weighted by Crippen LogP contribution is -2.30. The lowest BCUT2D eigenvalue weighted by atomic mass is 10.3. The second kappa shape index (κ2) is 6.34. The fourth-order valence-electron chi connectivity index (χ4n) is 1.70. The Balaban J connectivity index is 1.75. The van der Waals surface area contributed by atoms with Crippen molar-refractivity contribution in [1.82, 2.24) is 20.6 Å². The molecule has 0 radical (unpaired) electrons. The van der Waals surface area contributed by atoms with Crippen molar-refractivity contribution in [3.05, 3.63) is 30.1 Å². The van der Waals surface area contributed by atoms with Gasteiger partial charge in [-0.25, -0.2) is 4.98 Å². The van der Waals surface area contributed by atoms with Crippen LogP contribution in [0.5, 0.6) is 0 Å². The molecule has 0 aliphatic carbocycles. The van der Waals surface area contributed by atoms with E-state index < -0.39 is 0 Å². The summed E-state index contributed by atoms with van der Waals surface area (Å²) in [6.45, 7) is 4.16. The fraction of sp³-hybridized carbons (Fsp3) is 0.417. The second-order valence-corrected chi connectivity index (χ2v) is 3.92. The van der Waals surface area contributed by atoms with Gasteiger partial charge in [-0.15, -0.1) is 0 Å². The monoisotopic (exact) mass is 233 g/mol. The van der Waals surface area contributed by atoms with Gasteiger partial charge in [0.2, 0.25) is 0 Å². The second-order valence-electron chi connectivity index (χ2n) is 3.92. The van der Waals surface area contributed by atoms with Crippen molar-refractivity contribution in [1.29, 1.82) is 0 Å². The van der Waals surface area contributed by atoms with E-state index in [9.17, 15) is 0 Å². The number of nitrogens with two attached hydrogens (primary N) is 1. The summed E-state index contributed by atoms with van der Waals surface area (Å²) in [6.07, 6.45) is 0. The Labute approximate surface area is 101 Å². The number of nitrogens with zero attached hydrogens (tertiary/aromatic N) is 1. The molecule has 0 spiro atoms. The van der Waals surface area contributed by atoms with Crippen LogP contribution in [-0.2, 0) is 6.54 Å². The molecule has 0 atom stereocenters. The molecule has 1 aromatic heterocycles. The molecule has 0 fully saturated rings. The number of aromatic nitrogens is 2. The molecule has 5 N–H and O–H groups in total. The van der Waals surface area contributed by atoms with Gasteiger partial charge in [0.05, 0.1) is 17.6 Å². The highest BCUT2D eigenvalue weighted by molar-refractivity contribution is 5.74. The summed E-state index contributed by atoms with van der Waals surface area (Å²) >= 11 is 0. The maximum absolute atomic E-state index is 5.38. The Bertz CT molecular complexity index is 418. The first-order valence-corrected chi connectivity index (χ1v) is 5.95. The third kappa shape index (κ3) is 3.52. The van der Waals surface area contributed by atoms with E-state index in [1.165, 1.54) is 0 Å². The number of H-pyrrole nitrogens is 1. The van der Waals surface area contributed by atoms with E-state index >= 15 is 0 Å². The van der Waals surface area contributed by atoms with Crippen LogP contribution in [-0.4, -0.2) is 36.1 Å². The number of nitrogens with one attached hydrogen (secondary N) is 3. The average molecular weight is 233 g/mol. The zero-order valence-electron chi connectivity index (χ0n) is 9.87. The van der Waals surface area contributed by atoms with Crippen LogP contribution in [0, 0.1) is 0 Å². The summed E-state index contributed by atoms with van der Waals surface area (Å²) in [7, 11) is 0. The number of para-hydroxylation sites is 2. The van der Waals surface area contributed by atoms with Gasteiger partial charge >= 0.3 is 0 Å². The molecule has 2 rings (SSSR count). The molecule has 17 heavy (non-hydrogen) atoms. The molecular weight excluding hydrogens is 214 g/mol. The van der Waals surface area contributed by atoms with Crippen LogP contribution in [0.3, 0.4) is 0 Å². The van der Waals surface area contributed by atoms with E-state index in [1.807, 2.05) is 24.3 Å². The molecule has 5 heteroatoms. The number of fused-ring (bicyclic) bond motifs is 1. The Kier molecular flexibility index (Phi) is 4.49. The van der Waals surface area contributed by atoms with Crippen LogP contribution in [0.2, 0.25) is 0 Å². The maximum Gasteiger partial charge on any atom is 0.121 e. The number of hydrogen-bond acceptors (Lipinski definition) is 4. The summed E-state index contributed by atoms with van der Waals surface area (Å²) in [4.78, 5) is 7.77. The topological polar surface area (TPSA) is 78.8 Å². The molecule has 0 saturated carbocycles. The molecule has 1 heterocycles. The molecule has 0 amide bonds. The van der Waals surface area contributed by atoms with Gasteiger partial charge in [-0.3, -0.25) is 0 Å². The van der Waals surface area contributed by atoms with Crippen LogP contribution in [0.1, 0.15) is 5.82 Å². The fourth-order valence-corrected chi connectivity index (χ4v) is 1.70. The molecule has 5 nitrogen and oxygen atoms in total. The van der Waals surface area contributed by atoms with E-state index in [1.54, 1.807) is 0 Å². The summed E-state index contributed by atoms with van der Waals surface area (Å²) in [5, 5.41) is 6.55. The Hall–Kier alpha value is -1.43. The van der Waals surface area contributed by atoms with Crippen molar-refractivity contribution in [3.63, 3.8) is 0 Å². The molecule has 0 bridgehead atoms. The van der Waals surface area contributed by atoms with E-state index in [0.717, 1.165) is 43.0 Å². The standard InChI is InChI=1S/C12H19N5/c13-5-6-14-7-8-15-9-12-16-10-3-1-2-4-11(10)17-12/h1-4,14-15H,5-9,13H2,(H,16,17). The van der Waals surface area contributed by atoms with Crippen molar-refractivity contribution in [2.24, 2.45) is 5.73 Å². The quantitative estimate of drug-likeness (QED) is 0.515. The largest absolute Gasteiger partial charge is 0.341 e. The van der Waals surface area contributed by atoms with Crippen molar-refractivity contribution >= 4 is 11.0 Å². The Morgan fingerprint density at radius 2 is 1.94 bits per heavy atom. The molecule has 0 aliphatic heterocycles. The highest BCUT2D eigenvalue weighted by Crippen LogP contribution is 2.09.